The number of carboxylic acids is 1. The minimum atomic E-state index is -1.15. The van der Waals surface area contributed by atoms with Crippen molar-refractivity contribution in [1.82, 2.24) is 14.7 Å². The summed E-state index contributed by atoms with van der Waals surface area (Å²) in [7, 11) is 1.81. The summed E-state index contributed by atoms with van der Waals surface area (Å²) in [4.78, 5) is 26.1. The number of aliphatic hydroxyl groups is 2. The Morgan fingerprint density at radius 1 is 1.17 bits per heavy atom. The maximum Gasteiger partial charge on any atom is 1.00 e. The molecule has 0 aliphatic heterocycles. The van der Waals surface area contributed by atoms with Crippen molar-refractivity contribution in [3.63, 3.8) is 0 Å². The van der Waals surface area contributed by atoms with Gasteiger partial charge in [-0.2, -0.15) is 5.10 Å². The zero-order valence-corrected chi connectivity index (χ0v) is 23.7. The fourth-order valence-electron chi connectivity index (χ4n) is 4.91. The van der Waals surface area contributed by atoms with Crippen molar-refractivity contribution in [2.24, 2.45) is 0 Å². The van der Waals surface area contributed by atoms with Gasteiger partial charge in [0.2, 0.25) is 0 Å². The summed E-state index contributed by atoms with van der Waals surface area (Å²) in [5, 5.41) is 33.9. The zero-order valence-electron chi connectivity index (χ0n) is 22.7. The van der Waals surface area contributed by atoms with Crippen LogP contribution in [0.2, 0.25) is 0 Å². The maximum atomic E-state index is 13.6. The van der Waals surface area contributed by atoms with Gasteiger partial charge in [-0.05, 0) is 62.3 Å². The fraction of sp³-hybridized carbons (Fsp3) is 0.577. The van der Waals surface area contributed by atoms with Crippen LogP contribution in [0, 0.1) is 5.82 Å². The number of aliphatic hydroxyl groups excluding tert-OH is 2. The van der Waals surface area contributed by atoms with E-state index in [4.69, 9.17) is 10.2 Å². The van der Waals surface area contributed by atoms with Crippen molar-refractivity contribution in [1.29, 1.82) is 0 Å². The first kappa shape index (κ1) is 30.4. The van der Waals surface area contributed by atoms with Crippen molar-refractivity contribution < 1.29 is 60.3 Å². The molecule has 1 aliphatic carbocycles. The van der Waals surface area contributed by atoms with Gasteiger partial charge in [0.1, 0.15) is 5.82 Å². The van der Waals surface area contributed by atoms with Crippen LogP contribution in [0.4, 0.5) is 4.39 Å². The van der Waals surface area contributed by atoms with Crippen LogP contribution in [0.5, 0.6) is 0 Å². The summed E-state index contributed by atoms with van der Waals surface area (Å²) in [6, 6.07) is 6.04. The van der Waals surface area contributed by atoms with Crippen LogP contribution in [-0.2, 0) is 11.2 Å². The molecule has 1 amide bonds. The Balaban J connectivity index is 0.00000342. The normalized spacial score (nSPS) is 15.5. The average molecular weight is 514 g/mol. The zero-order chi connectivity index (χ0) is 25.7. The van der Waals surface area contributed by atoms with Gasteiger partial charge in [-0.1, -0.05) is 26.7 Å². The molecule has 0 unspecified atom stereocenters. The van der Waals surface area contributed by atoms with Crippen LogP contribution in [-0.4, -0.2) is 67.2 Å². The number of benzene rings is 1. The van der Waals surface area contributed by atoms with Crippen molar-refractivity contribution in [3.8, 4) is 5.69 Å². The molecule has 1 heterocycles. The standard InChI is InChI=1S/C26H36FN3O5.Na.H/c1-16(2)24-22(13-12-20(31)14-21(32)15-23(33)34)30(19-10-8-17(27)9-11-19)28-25(24)26(35)29(3)18-6-4-5-7-18;;/h8-11,16,18,20-21,31-32H,4-7,12-15H2,1-3H3,(H,33,34);;/q;+1;-1/t20-,21-;;/m1../s1. The van der Waals surface area contributed by atoms with Gasteiger partial charge in [0.25, 0.3) is 5.91 Å². The largest absolute Gasteiger partial charge is 1.00 e. The predicted molar refractivity (Wildman–Crippen MR) is 130 cm³/mol. The van der Waals surface area contributed by atoms with Gasteiger partial charge in [-0.3, -0.25) is 9.59 Å². The molecule has 36 heavy (non-hydrogen) atoms. The van der Waals surface area contributed by atoms with Crippen molar-refractivity contribution >= 4 is 11.9 Å². The second-order valence-electron chi connectivity index (χ2n) is 9.79. The van der Waals surface area contributed by atoms with E-state index in [0.29, 0.717) is 17.8 Å². The molecule has 3 rings (SSSR count). The molecule has 1 fully saturated rings. The molecule has 8 nitrogen and oxygen atoms in total. The summed E-state index contributed by atoms with van der Waals surface area (Å²) in [5.74, 6) is -1.70. The molecular formula is C26H37FN3NaO5. The fourth-order valence-corrected chi connectivity index (χ4v) is 4.91. The molecule has 0 radical (unpaired) electrons. The summed E-state index contributed by atoms with van der Waals surface area (Å²) in [6.07, 6.45) is 2.14. The quantitative estimate of drug-likeness (QED) is 0.383. The van der Waals surface area contributed by atoms with E-state index in [1.807, 2.05) is 20.9 Å². The number of aliphatic carboxylic acids is 1. The Morgan fingerprint density at radius 2 is 1.78 bits per heavy atom. The third-order valence-electron chi connectivity index (χ3n) is 6.73. The molecule has 1 aromatic carbocycles. The molecule has 1 aliphatic rings. The summed E-state index contributed by atoms with van der Waals surface area (Å²) >= 11 is 0. The first-order valence-electron chi connectivity index (χ1n) is 12.3. The molecule has 1 aromatic heterocycles. The second-order valence-corrected chi connectivity index (χ2v) is 9.79. The molecule has 1 saturated carbocycles. The maximum absolute atomic E-state index is 13.6. The molecule has 0 saturated heterocycles. The Morgan fingerprint density at radius 3 is 2.33 bits per heavy atom. The van der Waals surface area contributed by atoms with Crippen molar-refractivity contribution in [2.45, 2.75) is 89.4 Å². The van der Waals surface area contributed by atoms with E-state index >= 15 is 0 Å². The van der Waals surface area contributed by atoms with E-state index in [0.717, 1.165) is 36.9 Å². The number of hydrogen-bond acceptors (Lipinski definition) is 5. The van der Waals surface area contributed by atoms with E-state index < -0.39 is 24.6 Å². The van der Waals surface area contributed by atoms with Crippen LogP contribution in [0.25, 0.3) is 5.69 Å². The monoisotopic (exact) mass is 513 g/mol. The van der Waals surface area contributed by atoms with Gasteiger partial charge in [0.05, 0.1) is 24.3 Å². The number of carboxylic acid groups (broad SMARTS) is 1. The molecule has 194 valence electrons. The first-order chi connectivity index (χ1) is 16.6. The third kappa shape index (κ3) is 7.61. The summed E-state index contributed by atoms with van der Waals surface area (Å²) in [6.45, 7) is 3.96. The summed E-state index contributed by atoms with van der Waals surface area (Å²) in [5.41, 5.74) is 2.48. The van der Waals surface area contributed by atoms with E-state index in [9.17, 15) is 24.2 Å². The minimum Gasteiger partial charge on any atom is -1.00 e. The van der Waals surface area contributed by atoms with Gasteiger partial charge in [-0.15, -0.1) is 0 Å². The number of hydrogen-bond donors (Lipinski definition) is 3. The van der Waals surface area contributed by atoms with Crippen molar-refractivity contribution in [3.05, 3.63) is 47.0 Å². The predicted octanol–water partition coefficient (Wildman–Crippen LogP) is 0.785. The number of rotatable bonds is 11. The number of aromatic nitrogens is 2. The Hall–Kier alpha value is -1.78. The molecule has 2 atom stereocenters. The number of halogens is 1. The van der Waals surface area contributed by atoms with Crippen LogP contribution >= 0.6 is 0 Å². The van der Waals surface area contributed by atoms with Gasteiger partial charge in [-0.25, -0.2) is 9.07 Å². The SMILES string of the molecule is CC(C)c1c(C(=O)N(C)C2CCCC2)nn(-c2ccc(F)cc2)c1CC[C@@H](O)C[C@@H](O)CC(=O)O.[H-].[Na+]. The van der Waals surface area contributed by atoms with Crippen LogP contribution < -0.4 is 29.6 Å². The van der Waals surface area contributed by atoms with Crippen LogP contribution in [0.1, 0.15) is 87.9 Å². The van der Waals surface area contributed by atoms with Gasteiger partial charge >= 0.3 is 35.5 Å². The molecule has 0 bridgehead atoms. The van der Waals surface area contributed by atoms with Gasteiger partial charge in [0, 0.05) is 24.3 Å². The molecule has 10 heteroatoms. The van der Waals surface area contributed by atoms with Crippen LogP contribution in [0.3, 0.4) is 0 Å². The van der Waals surface area contributed by atoms with E-state index in [2.05, 4.69) is 0 Å². The average Bonchev–Trinajstić information content (AvgIpc) is 3.45. The topological polar surface area (TPSA) is 116 Å². The van der Waals surface area contributed by atoms with E-state index in [1.165, 1.54) is 12.1 Å². The van der Waals surface area contributed by atoms with Gasteiger partial charge < -0.3 is 21.6 Å². The Bertz CT molecular complexity index is 1030. The third-order valence-corrected chi connectivity index (χ3v) is 6.73. The van der Waals surface area contributed by atoms with Crippen LogP contribution in [0.15, 0.2) is 24.3 Å². The second kappa shape index (κ2) is 13.7. The smallest absolute Gasteiger partial charge is 1.00 e. The number of amides is 1. The Labute approximate surface area is 235 Å². The molecular weight excluding hydrogens is 476 g/mol. The molecule has 0 spiro atoms. The molecule has 2 aromatic rings. The van der Waals surface area contributed by atoms with E-state index in [-0.39, 0.29) is 67.5 Å². The number of carbonyl (C=O) groups excluding carboxylic acids is 1. The molecule has 3 N–H and O–H groups in total. The van der Waals surface area contributed by atoms with Crippen molar-refractivity contribution in [2.75, 3.05) is 7.05 Å². The number of carbonyl (C=O) groups is 2. The first-order valence-corrected chi connectivity index (χ1v) is 12.3. The number of nitrogens with zero attached hydrogens (tertiary/aromatic N) is 3. The van der Waals surface area contributed by atoms with E-state index in [1.54, 1.807) is 21.7 Å². The minimum absolute atomic E-state index is 0. The van der Waals surface area contributed by atoms with Gasteiger partial charge in [0.15, 0.2) is 5.69 Å². The summed E-state index contributed by atoms with van der Waals surface area (Å²) < 4.78 is 15.2. The Kier molecular flexibility index (Phi) is 11.6.